The largest absolute Gasteiger partial charge is 0.312 e. The van der Waals surface area contributed by atoms with Crippen LogP contribution in [-0.4, -0.2) is 48.4 Å². The second kappa shape index (κ2) is 5.29. The predicted octanol–water partition coefficient (Wildman–Crippen LogP) is 0.161. The molecule has 100 valence electrons. The smallest absolute Gasteiger partial charge is 0.222 e. The van der Waals surface area contributed by atoms with Crippen molar-refractivity contribution in [1.29, 1.82) is 0 Å². The fourth-order valence-corrected chi connectivity index (χ4v) is 3.68. The fourth-order valence-electron chi connectivity index (χ4n) is 2.02. The minimum absolute atomic E-state index is 0.183. The lowest BCUT2D eigenvalue weighted by atomic mass is 10.3. The van der Waals surface area contributed by atoms with Crippen LogP contribution in [0.15, 0.2) is 18.6 Å². The zero-order chi connectivity index (χ0) is 13.2. The number of nitrogens with one attached hydrogen (secondary N) is 1. The van der Waals surface area contributed by atoms with Crippen molar-refractivity contribution in [2.75, 3.05) is 19.6 Å². The first-order valence-electron chi connectivity index (χ1n) is 6.00. The molecule has 1 N–H and O–H groups in total. The highest BCUT2D eigenvalue weighted by atomic mass is 32.2. The van der Waals surface area contributed by atoms with E-state index < -0.39 is 15.3 Å². The van der Waals surface area contributed by atoms with Crippen molar-refractivity contribution in [2.45, 2.75) is 25.1 Å². The number of nitrogens with zero attached hydrogens (tertiary/aromatic N) is 3. The Morgan fingerprint density at radius 1 is 1.50 bits per heavy atom. The predicted molar refractivity (Wildman–Crippen MR) is 68.4 cm³/mol. The van der Waals surface area contributed by atoms with Crippen molar-refractivity contribution in [3.05, 3.63) is 24.3 Å². The van der Waals surface area contributed by atoms with Gasteiger partial charge in [-0.25, -0.2) is 8.42 Å². The lowest BCUT2D eigenvalue weighted by Gasteiger charge is -2.32. The molecular weight excluding hydrogens is 252 g/mol. The van der Waals surface area contributed by atoms with Gasteiger partial charge in [-0.1, -0.05) is 0 Å². The number of aromatic nitrogens is 2. The zero-order valence-electron chi connectivity index (χ0n) is 10.6. The van der Waals surface area contributed by atoms with E-state index >= 15 is 0 Å². The van der Waals surface area contributed by atoms with Crippen LogP contribution in [0.1, 0.15) is 24.8 Å². The normalized spacial score (nSPS) is 23.8. The van der Waals surface area contributed by atoms with Gasteiger partial charge in [0.25, 0.3) is 0 Å². The second-order valence-corrected chi connectivity index (χ2v) is 6.78. The maximum absolute atomic E-state index is 12.5. The molecule has 18 heavy (non-hydrogen) atoms. The molecule has 0 radical (unpaired) electrons. The SMILES string of the molecule is C[C@H]1CN(S(=O)(=O)[C@@H](C)c2cnccn2)CCN1. The van der Waals surface area contributed by atoms with Crippen molar-refractivity contribution in [3.63, 3.8) is 0 Å². The van der Waals surface area contributed by atoms with Gasteiger partial charge in [0, 0.05) is 44.3 Å². The van der Waals surface area contributed by atoms with Gasteiger partial charge in [-0.05, 0) is 13.8 Å². The molecule has 1 aromatic heterocycles. The molecule has 0 unspecified atom stereocenters. The molecule has 1 aliphatic rings. The van der Waals surface area contributed by atoms with Crippen LogP contribution in [-0.2, 0) is 10.0 Å². The Morgan fingerprint density at radius 2 is 2.28 bits per heavy atom. The summed E-state index contributed by atoms with van der Waals surface area (Å²) in [5.74, 6) is 0. The molecule has 0 saturated carbocycles. The minimum Gasteiger partial charge on any atom is -0.312 e. The topological polar surface area (TPSA) is 75.2 Å². The molecule has 0 aromatic carbocycles. The van der Waals surface area contributed by atoms with E-state index in [-0.39, 0.29) is 6.04 Å². The van der Waals surface area contributed by atoms with Gasteiger partial charge in [0.05, 0.1) is 5.69 Å². The van der Waals surface area contributed by atoms with Crippen LogP contribution in [0.3, 0.4) is 0 Å². The van der Waals surface area contributed by atoms with E-state index in [1.165, 1.54) is 22.9 Å². The van der Waals surface area contributed by atoms with Crippen LogP contribution in [0, 0.1) is 0 Å². The monoisotopic (exact) mass is 270 g/mol. The van der Waals surface area contributed by atoms with Gasteiger partial charge in [0.1, 0.15) is 5.25 Å². The molecule has 7 heteroatoms. The van der Waals surface area contributed by atoms with E-state index in [1.807, 2.05) is 6.92 Å². The fraction of sp³-hybridized carbons (Fsp3) is 0.636. The number of piperazine rings is 1. The molecule has 2 rings (SSSR count). The first-order valence-corrected chi connectivity index (χ1v) is 7.50. The summed E-state index contributed by atoms with van der Waals surface area (Å²) in [5.41, 5.74) is 0.490. The van der Waals surface area contributed by atoms with Crippen LogP contribution < -0.4 is 5.32 Å². The summed E-state index contributed by atoms with van der Waals surface area (Å²) in [6, 6.07) is 0.183. The molecule has 1 aliphatic heterocycles. The summed E-state index contributed by atoms with van der Waals surface area (Å²) in [7, 11) is -3.36. The third-order valence-corrected chi connectivity index (χ3v) is 5.32. The molecule has 2 atom stereocenters. The number of rotatable bonds is 3. The Bertz CT molecular complexity index is 491. The first-order chi connectivity index (χ1) is 8.51. The summed E-state index contributed by atoms with van der Waals surface area (Å²) in [6.45, 7) is 5.35. The molecule has 0 bridgehead atoms. The molecule has 0 aliphatic carbocycles. The van der Waals surface area contributed by atoms with Gasteiger partial charge < -0.3 is 5.32 Å². The van der Waals surface area contributed by atoms with Gasteiger partial charge in [0.15, 0.2) is 0 Å². The van der Waals surface area contributed by atoms with Crippen molar-refractivity contribution in [3.8, 4) is 0 Å². The highest BCUT2D eigenvalue weighted by molar-refractivity contribution is 7.89. The van der Waals surface area contributed by atoms with E-state index in [9.17, 15) is 8.42 Å². The van der Waals surface area contributed by atoms with Crippen LogP contribution in [0.25, 0.3) is 0 Å². The maximum Gasteiger partial charge on any atom is 0.222 e. The Hall–Kier alpha value is -1.05. The molecule has 2 heterocycles. The van der Waals surface area contributed by atoms with Crippen LogP contribution in [0.2, 0.25) is 0 Å². The van der Waals surface area contributed by atoms with Gasteiger partial charge >= 0.3 is 0 Å². The second-order valence-electron chi connectivity index (χ2n) is 4.53. The minimum atomic E-state index is -3.36. The van der Waals surface area contributed by atoms with Gasteiger partial charge in [-0.3, -0.25) is 9.97 Å². The average Bonchev–Trinajstić information content (AvgIpc) is 2.39. The van der Waals surface area contributed by atoms with Crippen molar-refractivity contribution < 1.29 is 8.42 Å². The molecule has 0 amide bonds. The third-order valence-electron chi connectivity index (χ3n) is 3.14. The zero-order valence-corrected chi connectivity index (χ0v) is 11.4. The van der Waals surface area contributed by atoms with Crippen molar-refractivity contribution >= 4 is 10.0 Å². The highest BCUT2D eigenvalue weighted by Crippen LogP contribution is 2.23. The Morgan fingerprint density at radius 3 is 2.89 bits per heavy atom. The van der Waals surface area contributed by atoms with E-state index in [0.29, 0.717) is 25.3 Å². The summed E-state index contributed by atoms with van der Waals surface area (Å²) in [4.78, 5) is 8.00. The Labute approximate surface area is 107 Å². The van der Waals surface area contributed by atoms with Crippen LogP contribution >= 0.6 is 0 Å². The van der Waals surface area contributed by atoms with Gasteiger partial charge in [-0.15, -0.1) is 0 Å². The summed E-state index contributed by atoms with van der Waals surface area (Å²) in [6.07, 6.45) is 4.56. The Kier molecular flexibility index (Phi) is 3.94. The van der Waals surface area contributed by atoms with Crippen molar-refractivity contribution in [2.24, 2.45) is 0 Å². The molecule has 0 spiro atoms. The summed E-state index contributed by atoms with van der Waals surface area (Å²) < 4.78 is 26.5. The standard InChI is InChI=1S/C11H18N4O2S/c1-9-8-15(6-5-13-9)18(16,17)10(2)11-7-12-3-4-14-11/h3-4,7,9-10,13H,5-6,8H2,1-2H3/t9-,10-/m0/s1. The van der Waals surface area contributed by atoms with Gasteiger partial charge in [0.2, 0.25) is 10.0 Å². The van der Waals surface area contributed by atoms with Crippen LogP contribution in [0.5, 0.6) is 0 Å². The van der Waals surface area contributed by atoms with E-state index in [0.717, 1.165) is 0 Å². The highest BCUT2D eigenvalue weighted by Gasteiger charge is 2.33. The summed E-state index contributed by atoms with van der Waals surface area (Å²) >= 11 is 0. The lowest BCUT2D eigenvalue weighted by Crippen LogP contribution is -2.52. The number of hydrogen-bond donors (Lipinski definition) is 1. The van der Waals surface area contributed by atoms with E-state index in [4.69, 9.17) is 0 Å². The van der Waals surface area contributed by atoms with Crippen LogP contribution in [0.4, 0.5) is 0 Å². The third kappa shape index (κ3) is 2.68. The van der Waals surface area contributed by atoms with Gasteiger partial charge in [-0.2, -0.15) is 4.31 Å². The molecule has 6 nitrogen and oxygen atoms in total. The first kappa shape index (κ1) is 13.4. The van der Waals surface area contributed by atoms with E-state index in [1.54, 1.807) is 6.92 Å². The molecule has 1 saturated heterocycles. The Balaban J connectivity index is 2.20. The average molecular weight is 270 g/mol. The quantitative estimate of drug-likeness (QED) is 0.847. The van der Waals surface area contributed by atoms with E-state index in [2.05, 4.69) is 15.3 Å². The molecule has 1 aromatic rings. The molecular formula is C11H18N4O2S. The molecule has 1 fully saturated rings. The number of hydrogen-bond acceptors (Lipinski definition) is 5. The lowest BCUT2D eigenvalue weighted by molar-refractivity contribution is 0.307. The number of sulfonamides is 1. The summed E-state index contributed by atoms with van der Waals surface area (Å²) in [5, 5.41) is 2.57. The van der Waals surface area contributed by atoms with Crippen molar-refractivity contribution in [1.82, 2.24) is 19.6 Å². The maximum atomic E-state index is 12.5.